The Bertz CT molecular complexity index is 198. The highest BCUT2D eigenvalue weighted by Gasteiger charge is 2.37. The van der Waals surface area contributed by atoms with Gasteiger partial charge in [-0.3, -0.25) is 4.79 Å². The fraction of sp³-hybridized carbons (Fsp3) is 0.667. The van der Waals surface area contributed by atoms with E-state index in [0.29, 0.717) is 6.42 Å². The van der Waals surface area contributed by atoms with E-state index in [1.165, 1.54) is 7.11 Å². The quantitative estimate of drug-likeness (QED) is 0.494. The van der Waals surface area contributed by atoms with Crippen LogP contribution in [0.2, 0.25) is 0 Å². The maximum atomic E-state index is 11.3. The van der Waals surface area contributed by atoms with E-state index in [2.05, 4.69) is 4.74 Å². The van der Waals surface area contributed by atoms with Gasteiger partial charge in [0.2, 0.25) is 0 Å². The molecule has 0 aliphatic heterocycles. The molecule has 0 amide bonds. The van der Waals surface area contributed by atoms with Crippen LogP contribution in [0, 0.1) is 5.41 Å². The van der Waals surface area contributed by atoms with Crippen LogP contribution in [-0.4, -0.2) is 24.8 Å². The number of hydrogen-bond acceptors (Lipinski definition) is 3. The monoisotopic (exact) mass is 170 g/mol. The fourth-order valence-electron chi connectivity index (χ4n) is 1.50. The summed E-state index contributed by atoms with van der Waals surface area (Å²) in [6, 6.07) is 0. The van der Waals surface area contributed by atoms with E-state index in [1.807, 2.05) is 6.08 Å². The van der Waals surface area contributed by atoms with Crippen LogP contribution >= 0.6 is 0 Å². The Morgan fingerprint density at radius 1 is 1.75 bits per heavy atom. The minimum Gasteiger partial charge on any atom is -0.468 e. The lowest BCUT2D eigenvalue weighted by atomic mass is 9.80. The Labute approximate surface area is 72.0 Å². The second kappa shape index (κ2) is 3.72. The molecule has 3 heteroatoms. The van der Waals surface area contributed by atoms with Crippen molar-refractivity contribution in [3.05, 3.63) is 12.2 Å². The smallest absolute Gasteiger partial charge is 0.318 e. The van der Waals surface area contributed by atoms with Gasteiger partial charge in [-0.25, -0.2) is 0 Å². The van der Waals surface area contributed by atoms with Crippen molar-refractivity contribution in [2.45, 2.75) is 19.3 Å². The van der Waals surface area contributed by atoms with Crippen molar-refractivity contribution in [1.82, 2.24) is 0 Å². The third-order valence-electron chi connectivity index (χ3n) is 2.30. The normalized spacial score (nSPS) is 28.5. The summed E-state index contributed by atoms with van der Waals surface area (Å²) in [5, 5.41) is 9.09. The van der Waals surface area contributed by atoms with Gasteiger partial charge in [-0.15, -0.1) is 0 Å². The Balaban J connectivity index is 2.80. The maximum Gasteiger partial charge on any atom is 0.318 e. The van der Waals surface area contributed by atoms with Crippen molar-refractivity contribution < 1.29 is 14.6 Å². The van der Waals surface area contributed by atoms with E-state index in [4.69, 9.17) is 5.11 Å². The first-order valence-electron chi connectivity index (χ1n) is 4.12. The van der Waals surface area contributed by atoms with Gasteiger partial charge in [-0.05, 0) is 19.3 Å². The molecule has 68 valence electrons. The fourth-order valence-corrected chi connectivity index (χ4v) is 1.50. The van der Waals surface area contributed by atoms with E-state index in [1.54, 1.807) is 6.08 Å². The number of carbonyl (C=O) groups is 1. The number of aliphatic hydroxyl groups is 1. The van der Waals surface area contributed by atoms with Crippen LogP contribution in [0.25, 0.3) is 0 Å². The Morgan fingerprint density at radius 3 is 2.92 bits per heavy atom. The molecule has 1 rings (SSSR count). The second-order valence-corrected chi connectivity index (χ2v) is 3.10. The molecule has 0 aromatic rings. The summed E-state index contributed by atoms with van der Waals surface area (Å²) in [7, 11) is 1.35. The first-order valence-corrected chi connectivity index (χ1v) is 4.12. The number of methoxy groups -OCH3 is 1. The summed E-state index contributed by atoms with van der Waals surface area (Å²) in [5.41, 5.74) is -0.757. The SMILES string of the molecule is COC(=O)[C@@]1(CO)C=CCCC1. The number of esters is 1. The lowest BCUT2D eigenvalue weighted by Gasteiger charge is -2.27. The van der Waals surface area contributed by atoms with E-state index in [0.717, 1.165) is 12.8 Å². The average molecular weight is 170 g/mol. The molecule has 1 N–H and O–H groups in total. The molecule has 0 aromatic carbocycles. The number of carbonyl (C=O) groups excluding carboxylic acids is 1. The number of allylic oxidation sites excluding steroid dienone is 1. The summed E-state index contributed by atoms with van der Waals surface area (Å²) in [6.45, 7) is -0.157. The molecule has 1 atom stereocenters. The second-order valence-electron chi connectivity index (χ2n) is 3.10. The molecule has 0 bridgehead atoms. The third kappa shape index (κ3) is 1.50. The molecule has 1 aliphatic carbocycles. The molecule has 12 heavy (non-hydrogen) atoms. The minimum atomic E-state index is -0.757. The van der Waals surface area contributed by atoms with Gasteiger partial charge in [0.1, 0.15) is 5.41 Å². The van der Waals surface area contributed by atoms with E-state index in [-0.39, 0.29) is 12.6 Å². The molecule has 1 aliphatic rings. The first-order chi connectivity index (χ1) is 5.75. The highest BCUT2D eigenvalue weighted by Crippen LogP contribution is 2.31. The van der Waals surface area contributed by atoms with Crippen LogP contribution in [0.5, 0.6) is 0 Å². The summed E-state index contributed by atoms with van der Waals surface area (Å²) in [5.74, 6) is -0.332. The Kier molecular flexibility index (Phi) is 2.87. The summed E-state index contributed by atoms with van der Waals surface area (Å²) >= 11 is 0. The first kappa shape index (κ1) is 9.26. The van der Waals surface area contributed by atoms with Crippen LogP contribution in [-0.2, 0) is 9.53 Å². The van der Waals surface area contributed by atoms with Gasteiger partial charge in [0.15, 0.2) is 0 Å². The molecule has 0 aromatic heterocycles. The van der Waals surface area contributed by atoms with Gasteiger partial charge < -0.3 is 9.84 Å². The number of rotatable bonds is 2. The van der Waals surface area contributed by atoms with Gasteiger partial charge in [-0.2, -0.15) is 0 Å². The molecule has 0 unspecified atom stereocenters. The highest BCUT2D eigenvalue weighted by molar-refractivity contribution is 5.79. The number of aliphatic hydroxyl groups excluding tert-OH is 1. The van der Waals surface area contributed by atoms with E-state index >= 15 is 0 Å². The van der Waals surface area contributed by atoms with Crippen LogP contribution in [0.15, 0.2) is 12.2 Å². The maximum absolute atomic E-state index is 11.3. The number of ether oxygens (including phenoxy) is 1. The lowest BCUT2D eigenvalue weighted by molar-refractivity contribution is -0.152. The highest BCUT2D eigenvalue weighted by atomic mass is 16.5. The van der Waals surface area contributed by atoms with Crippen molar-refractivity contribution in [2.75, 3.05) is 13.7 Å². The van der Waals surface area contributed by atoms with Gasteiger partial charge >= 0.3 is 5.97 Å². The van der Waals surface area contributed by atoms with Gasteiger partial charge in [0.25, 0.3) is 0 Å². The average Bonchev–Trinajstić information content (AvgIpc) is 2.17. The predicted octanol–water partition coefficient (Wildman–Crippen LogP) is 0.878. The van der Waals surface area contributed by atoms with Crippen LogP contribution < -0.4 is 0 Å². The van der Waals surface area contributed by atoms with Crippen molar-refractivity contribution >= 4 is 5.97 Å². The largest absolute Gasteiger partial charge is 0.468 e. The molecular formula is C9H14O3. The van der Waals surface area contributed by atoms with Crippen molar-refractivity contribution in [3.63, 3.8) is 0 Å². The van der Waals surface area contributed by atoms with Crippen molar-refractivity contribution in [1.29, 1.82) is 0 Å². The van der Waals surface area contributed by atoms with Crippen LogP contribution in [0.1, 0.15) is 19.3 Å². The number of hydrogen-bond donors (Lipinski definition) is 1. The zero-order valence-electron chi connectivity index (χ0n) is 7.25. The standard InChI is InChI=1S/C9H14O3/c1-12-8(11)9(7-10)5-3-2-4-6-9/h3,5,10H,2,4,6-7H2,1H3/t9-/m0/s1. The van der Waals surface area contributed by atoms with E-state index in [9.17, 15) is 4.79 Å². The molecule has 0 radical (unpaired) electrons. The zero-order chi connectivity index (χ0) is 9.03. The zero-order valence-corrected chi connectivity index (χ0v) is 7.25. The van der Waals surface area contributed by atoms with Crippen molar-refractivity contribution in [3.8, 4) is 0 Å². The molecule has 0 fully saturated rings. The van der Waals surface area contributed by atoms with Gasteiger partial charge in [0, 0.05) is 0 Å². The van der Waals surface area contributed by atoms with Gasteiger partial charge in [-0.1, -0.05) is 12.2 Å². The third-order valence-corrected chi connectivity index (χ3v) is 2.30. The van der Waals surface area contributed by atoms with Crippen LogP contribution in [0.4, 0.5) is 0 Å². The molecule has 0 saturated carbocycles. The minimum absolute atomic E-state index is 0.157. The molecule has 0 saturated heterocycles. The molecule has 3 nitrogen and oxygen atoms in total. The van der Waals surface area contributed by atoms with Gasteiger partial charge in [0.05, 0.1) is 13.7 Å². The van der Waals surface area contributed by atoms with Crippen molar-refractivity contribution in [2.24, 2.45) is 5.41 Å². The topological polar surface area (TPSA) is 46.5 Å². The molecule has 0 heterocycles. The predicted molar refractivity (Wildman–Crippen MR) is 44.5 cm³/mol. The van der Waals surface area contributed by atoms with Crippen LogP contribution in [0.3, 0.4) is 0 Å². The summed E-state index contributed by atoms with van der Waals surface area (Å²) < 4.78 is 4.63. The summed E-state index contributed by atoms with van der Waals surface area (Å²) in [6.07, 6.45) is 6.30. The Hall–Kier alpha value is -0.830. The Morgan fingerprint density at radius 2 is 2.50 bits per heavy atom. The summed E-state index contributed by atoms with van der Waals surface area (Å²) in [4.78, 5) is 11.3. The molecule has 0 spiro atoms. The molecular weight excluding hydrogens is 156 g/mol. The van der Waals surface area contributed by atoms with E-state index < -0.39 is 5.41 Å². The lowest BCUT2D eigenvalue weighted by Crippen LogP contribution is -2.35.